The highest BCUT2D eigenvalue weighted by Gasteiger charge is 2.23. The highest BCUT2D eigenvalue weighted by Crippen LogP contribution is 2.27. The maximum absolute atomic E-state index is 13.3. The lowest BCUT2D eigenvalue weighted by molar-refractivity contribution is -0.384. The summed E-state index contributed by atoms with van der Waals surface area (Å²) in [5, 5.41) is 12.2. The smallest absolute Gasteiger partial charge is 0.293 e. The first-order chi connectivity index (χ1) is 8.34. The minimum Gasteiger partial charge on any atom is -0.392 e. The van der Waals surface area contributed by atoms with Gasteiger partial charge in [0.15, 0.2) is 0 Å². The van der Waals surface area contributed by atoms with E-state index in [1.165, 1.54) is 0 Å². The Morgan fingerprint density at radius 1 is 1.50 bits per heavy atom. The first kappa shape index (κ1) is 13.7. The van der Waals surface area contributed by atoms with Crippen molar-refractivity contribution >= 4 is 17.3 Å². The van der Waals surface area contributed by atoms with Gasteiger partial charge in [-0.1, -0.05) is 0 Å². The summed E-state index contributed by atoms with van der Waals surface area (Å²) in [6, 6.07) is 1.46. The average Bonchev–Trinajstić information content (AvgIpc) is 2.25. The van der Waals surface area contributed by atoms with Crippen molar-refractivity contribution in [2.75, 3.05) is 12.3 Å². The second-order valence-corrected chi connectivity index (χ2v) is 3.21. The van der Waals surface area contributed by atoms with Gasteiger partial charge in [0.25, 0.3) is 18.0 Å². The summed E-state index contributed by atoms with van der Waals surface area (Å²) in [5.41, 5.74) is 3.08. The van der Waals surface area contributed by atoms with E-state index in [0.717, 1.165) is 6.07 Å². The number of hydrogen-bond acceptors (Lipinski definition) is 4. The van der Waals surface area contributed by atoms with Crippen LogP contribution in [0.4, 0.5) is 24.5 Å². The van der Waals surface area contributed by atoms with Gasteiger partial charge in [0.05, 0.1) is 11.5 Å². The van der Waals surface area contributed by atoms with Crippen molar-refractivity contribution in [3.05, 3.63) is 33.6 Å². The second-order valence-electron chi connectivity index (χ2n) is 3.21. The molecule has 0 aliphatic heterocycles. The minimum atomic E-state index is -2.82. The quantitative estimate of drug-likeness (QED) is 0.486. The van der Waals surface area contributed by atoms with Gasteiger partial charge in [-0.2, -0.15) is 0 Å². The number of amides is 1. The molecular formula is C9H8F3N3O3. The number of benzene rings is 1. The van der Waals surface area contributed by atoms with E-state index in [1.807, 2.05) is 0 Å². The molecule has 0 saturated carbocycles. The molecule has 98 valence electrons. The third-order valence-electron chi connectivity index (χ3n) is 2.01. The molecule has 6 nitrogen and oxygen atoms in total. The highest BCUT2D eigenvalue weighted by atomic mass is 19.3. The summed E-state index contributed by atoms with van der Waals surface area (Å²) in [6.45, 7) is -1.000. The maximum Gasteiger partial charge on any atom is 0.293 e. The molecule has 0 aliphatic carbocycles. The van der Waals surface area contributed by atoms with E-state index in [-0.39, 0.29) is 0 Å². The van der Waals surface area contributed by atoms with Crippen molar-refractivity contribution in [3.63, 3.8) is 0 Å². The van der Waals surface area contributed by atoms with Crippen molar-refractivity contribution in [1.29, 1.82) is 0 Å². The Morgan fingerprint density at radius 3 is 2.61 bits per heavy atom. The lowest BCUT2D eigenvalue weighted by Crippen LogP contribution is -2.30. The zero-order chi connectivity index (χ0) is 13.9. The van der Waals surface area contributed by atoms with Crippen LogP contribution in [0.5, 0.6) is 0 Å². The Hall–Kier alpha value is -2.32. The zero-order valence-corrected chi connectivity index (χ0v) is 8.82. The van der Waals surface area contributed by atoms with Gasteiger partial charge in [-0.25, -0.2) is 13.2 Å². The molecule has 0 fully saturated rings. The maximum atomic E-state index is 13.3. The number of nitrogen functional groups attached to an aromatic ring is 1. The van der Waals surface area contributed by atoms with Crippen molar-refractivity contribution in [1.82, 2.24) is 5.32 Å². The Balaban J connectivity index is 3.11. The number of alkyl halides is 2. The topological polar surface area (TPSA) is 98.3 Å². The molecule has 1 aromatic rings. The molecule has 0 spiro atoms. The average molecular weight is 263 g/mol. The zero-order valence-electron chi connectivity index (χ0n) is 8.82. The Bertz CT molecular complexity index is 493. The number of halogens is 3. The molecule has 0 bridgehead atoms. The highest BCUT2D eigenvalue weighted by molar-refractivity contribution is 6.01. The fraction of sp³-hybridized carbons (Fsp3) is 0.222. The predicted octanol–water partition coefficient (Wildman–Crippen LogP) is 1.31. The van der Waals surface area contributed by atoms with Crippen LogP contribution in [0.1, 0.15) is 10.4 Å². The van der Waals surface area contributed by atoms with Gasteiger partial charge in [0.2, 0.25) is 0 Å². The first-order valence-corrected chi connectivity index (χ1v) is 4.63. The summed E-state index contributed by atoms with van der Waals surface area (Å²) in [7, 11) is 0. The molecule has 1 aromatic carbocycles. The molecular weight excluding hydrogens is 255 g/mol. The number of nitrogens with one attached hydrogen (secondary N) is 1. The van der Waals surface area contributed by atoms with Crippen LogP contribution >= 0.6 is 0 Å². The van der Waals surface area contributed by atoms with Crippen LogP contribution in [-0.2, 0) is 0 Å². The predicted molar refractivity (Wildman–Crippen MR) is 55.8 cm³/mol. The van der Waals surface area contributed by atoms with E-state index in [0.29, 0.717) is 6.07 Å². The van der Waals surface area contributed by atoms with Crippen LogP contribution in [0, 0.1) is 15.9 Å². The number of nitrogens with two attached hydrogens (primary N) is 1. The standard InChI is InChI=1S/C9H8F3N3O3/c10-4-1-2-5(15(17)18)8(13)7(4)9(16)14-3-6(11)12/h1-2,6H,3,13H2,(H,14,16). The van der Waals surface area contributed by atoms with Crippen LogP contribution in [0.3, 0.4) is 0 Å². The van der Waals surface area contributed by atoms with E-state index in [1.54, 1.807) is 5.32 Å². The summed E-state index contributed by atoms with van der Waals surface area (Å²) >= 11 is 0. The van der Waals surface area contributed by atoms with Crippen LogP contribution in [0.2, 0.25) is 0 Å². The second kappa shape index (κ2) is 5.34. The number of anilines is 1. The Labute approximate surface area is 98.7 Å². The van der Waals surface area contributed by atoms with Gasteiger partial charge in [-0.05, 0) is 6.07 Å². The van der Waals surface area contributed by atoms with Gasteiger partial charge >= 0.3 is 0 Å². The molecule has 0 heterocycles. The molecule has 0 atom stereocenters. The molecule has 0 unspecified atom stereocenters. The van der Waals surface area contributed by atoms with E-state index >= 15 is 0 Å². The SMILES string of the molecule is Nc1c([N+](=O)[O-])ccc(F)c1C(=O)NCC(F)F. The van der Waals surface area contributed by atoms with Gasteiger partial charge in [0.1, 0.15) is 17.1 Å². The fourth-order valence-corrected chi connectivity index (χ4v) is 1.23. The Kier molecular flexibility index (Phi) is 4.08. The Morgan fingerprint density at radius 2 is 2.11 bits per heavy atom. The number of nitrogens with zero attached hydrogens (tertiary/aromatic N) is 1. The fourth-order valence-electron chi connectivity index (χ4n) is 1.23. The number of hydrogen-bond donors (Lipinski definition) is 2. The molecule has 3 N–H and O–H groups in total. The number of carbonyl (C=O) groups is 1. The van der Waals surface area contributed by atoms with Crippen LogP contribution < -0.4 is 11.1 Å². The normalized spacial score (nSPS) is 10.4. The lowest BCUT2D eigenvalue weighted by Gasteiger charge is -2.08. The van der Waals surface area contributed by atoms with Gasteiger partial charge in [-0.3, -0.25) is 14.9 Å². The third-order valence-corrected chi connectivity index (χ3v) is 2.01. The minimum absolute atomic E-state index is 0.668. The molecule has 1 rings (SSSR count). The third kappa shape index (κ3) is 2.87. The molecule has 0 saturated heterocycles. The van der Waals surface area contributed by atoms with E-state index < -0.39 is 46.6 Å². The molecule has 0 aromatic heterocycles. The van der Waals surface area contributed by atoms with E-state index in [4.69, 9.17) is 5.73 Å². The van der Waals surface area contributed by atoms with E-state index in [9.17, 15) is 28.1 Å². The van der Waals surface area contributed by atoms with Gasteiger partial charge < -0.3 is 11.1 Å². The van der Waals surface area contributed by atoms with Crippen molar-refractivity contribution in [2.45, 2.75) is 6.43 Å². The number of carbonyl (C=O) groups excluding carboxylic acids is 1. The molecule has 9 heteroatoms. The largest absolute Gasteiger partial charge is 0.392 e. The van der Waals surface area contributed by atoms with Crippen LogP contribution in [0.15, 0.2) is 12.1 Å². The van der Waals surface area contributed by atoms with Gasteiger partial charge in [0, 0.05) is 6.07 Å². The summed E-state index contributed by atoms with van der Waals surface area (Å²) in [6.07, 6.45) is -2.82. The van der Waals surface area contributed by atoms with Crippen LogP contribution in [0.25, 0.3) is 0 Å². The lowest BCUT2D eigenvalue weighted by atomic mass is 10.1. The summed E-state index contributed by atoms with van der Waals surface area (Å²) in [4.78, 5) is 21.0. The first-order valence-electron chi connectivity index (χ1n) is 4.63. The van der Waals surface area contributed by atoms with E-state index in [2.05, 4.69) is 0 Å². The molecule has 1 amide bonds. The summed E-state index contributed by atoms with van der Waals surface area (Å²) < 4.78 is 37.1. The van der Waals surface area contributed by atoms with Crippen molar-refractivity contribution in [2.24, 2.45) is 0 Å². The monoisotopic (exact) mass is 263 g/mol. The molecule has 0 radical (unpaired) electrons. The molecule has 18 heavy (non-hydrogen) atoms. The number of rotatable bonds is 4. The molecule has 0 aliphatic rings. The van der Waals surface area contributed by atoms with Crippen molar-refractivity contribution < 1.29 is 22.9 Å². The van der Waals surface area contributed by atoms with Crippen molar-refractivity contribution in [3.8, 4) is 0 Å². The summed E-state index contributed by atoms with van der Waals surface area (Å²) in [5.74, 6) is -2.35. The van der Waals surface area contributed by atoms with Gasteiger partial charge in [-0.15, -0.1) is 0 Å². The number of nitro benzene ring substituents is 1. The van der Waals surface area contributed by atoms with Crippen LogP contribution in [-0.4, -0.2) is 23.8 Å². The number of nitro groups is 1.